The zero-order valence-electron chi connectivity index (χ0n) is 12.0. The molecule has 21 heavy (non-hydrogen) atoms. The molecule has 1 atom stereocenters. The number of nitrogens with zero attached hydrogens (tertiary/aromatic N) is 2. The molecule has 3 rings (SSSR count). The minimum Gasteiger partial charge on any atom is -0.330 e. The molecule has 1 aliphatic rings. The summed E-state index contributed by atoms with van der Waals surface area (Å²) in [6.45, 7) is 2.53. The van der Waals surface area contributed by atoms with Crippen molar-refractivity contribution < 1.29 is 4.79 Å². The summed E-state index contributed by atoms with van der Waals surface area (Å²) in [4.78, 5) is 19.0. The summed E-state index contributed by atoms with van der Waals surface area (Å²) in [6.07, 6.45) is 2.17. The number of rotatable bonds is 5. The summed E-state index contributed by atoms with van der Waals surface area (Å²) >= 11 is 1.46. The second kappa shape index (κ2) is 5.95. The number of hydrogen-bond donors (Lipinski definition) is 1. The van der Waals surface area contributed by atoms with E-state index < -0.39 is 0 Å². The fourth-order valence-electron chi connectivity index (χ4n) is 2.28. The van der Waals surface area contributed by atoms with Gasteiger partial charge in [0.1, 0.15) is 10.7 Å². The van der Waals surface area contributed by atoms with Crippen molar-refractivity contribution >= 4 is 17.2 Å². The molecule has 1 heterocycles. The van der Waals surface area contributed by atoms with E-state index in [1.54, 1.807) is 0 Å². The molecule has 1 saturated carbocycles. The molecule has 1 amide bonds. The standard InChI is InChI=1S/C16H19N3OS/c1-11(17)15-18-14(10-21-15)16(20)19(13-7-8-13)9-12-5-3-2-4-6-12/h2-6,10-11,13H,7-9,17H2,1H3. The Labute approximate surface area is 128 Å². The van der Waals surface area contributed by atoms with Crippen molar-refractivity contribution in [3.8, 4) is 0 Å². The van der Waals surface area contributed by atoms with Crippen LogP contribution in [0.5, 0.6) is 0 Å². The molecule has 1 aromatic carbocycles. The van der Waals surface area contributed by atoms with Gasteiger partial charge < -0.3 is 10.6 Å². The van der Waals surface area contributed by atoms with Crippen LogP contribution in [-0.4, -0.2) is 21.8 Å². The van der Waals surface area contributed by atoms with E-state index in [9.17, 15) is 4.79 Å². The van der Waals surface area contributed by atoms with Gasteiger partial charge in [0.15, 0.2) is 0 Å². The topological polar surface area (TPSA) is 59.2 Å². The molecule has 0 spiro atoms. The van der Waals surface area contributed by atoms with Crippen LogP contribution < -0.4 is 5.73 Å². The highest BCUT2D eigenvalue weighted by atomic mass is 32.1. The average Bonchev–Trinajstić information content (AvgIpc) is 3.20. The van der Waals surface area contributed by atoms with Gasteiger partial charge in [-0.25, -0.2) is 4.98 Å². The van der Waals surface area contributed by atoms with Gasteiger partial charge in [-0.3, -0.25) is 4.79 Å². The Morgan fingerprint density at radius 1 is 1.43 bits per heavy atom. The summed E-state index contributed by atoms with van der Waals surface area (Å²) in [6, 6.07) is 10.3. The van der Waals surface area contributed by atoms with Crippen LogP contribution in [0.1, 0.15) is 46.9 Å². The molecular formula is C16H19N3OS. The largest absolute Gasteiger partial charge is 0.330 e. The fraction of sp³-hybridized carbons (Fsp3) is 0.375. The minimum atomic E-state index is -0.125. The third-order valence-corrected chi connectivity index (χ3v) is 4.62. The van der Waals surface area contributed by atoms with Gasteiger partial charge in [0.25, 0.3) is 5.91 Å². The second-order valence-electron chi connectivity index (χ2n) is 5.51. The van der Waals surface area contributed by atoms with Crippen LogP contribution in [0, 0.1) is 0 Å². The van der Waals surface area contributed by atoms with Crippen LogP contribution in [0.25, 0.3) is 0 Å². The summed E-state index contributed by atoms with van der Waals surface area (Å²) in [7, 11) is 0. The van der Waals surface area contributed by atoms with Crippen LogP contribution in [-0.2, 0) is 6.54 Å². The molecule has 5 heteroatoms. The molecule has 0 radical (unpaired) electrons. The highest BCUT2D eigenvalue weighted by molar-refractivity contribution is 7.09. The van der Waals surface area contributed by atoms with Gasteiger partial charge in [-0.15, -0.1) is 11.3 Å². The predicted octanol–water partition coefficient (Wildman–Crippen LogP) is 2.97. The lowest BCUT2D eigenvalue weighted by Gasteiger charge is -2.21. The summed E-state index contributed by atoms with van der Waals surface area (Å²) in [5.41, 5.74) is 7.50. The van der Waals surface area contributed by atoms with E-state index in [1.807, 2.05) is 35.4 Å². The highest BCUT2D eigenvalue weighted by Crippen LogP contribution is 2.30. The van der Waals surface area contributed by atoms with Crippen molar-refractivity contribution in [2.75, 3.05) is 0 Å². The molecule has 110 valence electrons. The van der Waals surface area contributed by atoms with Gasteiger partial charge in [0.2, 0.25) is 0 Å². The minimum absolute atomic E-state index is 0.0181. The first-order valence-electron chi connectivity index (χ1n) is 7.21. The highest BCUT2D eigenvalue weighted by Gasteiger charge is 2.34. The van der Waals surface area contributed by atoms with E-state index in [0.29, 0.717) is 18.3 Å². The maximum Gasteiger partial charge on any atom is 0.273 e. The van der Waals surface area contributed by atoms with Crippen molar-refractivity contribution in [3.05, 3.63) is 52.0 Å². The Morgan fingerprint density at radius 3 is 2.71 bits per heavy atom. The maximum atomic E-state index is 12.7. The molecule has 0 aliphatic heterocycles. The van der Waals surface area contributed by atoms with Gasteiger partial charge in [-0.2, -0.15) is 0 Å². The molecule has 4 nitrogen and oxygen atoms in total. The Morgan fingerprint density at radius 2 is 2.14 bits per heavy atom. The quantitative estimate of drug-likeness (QED) is 0.923. The third-order valence-electron chi connectivity index (χ3n) is 3.57. The Balaban J connectivity index is 1.78. The van der Waals surface area contributed by atoms with E-state index in [1.165, 1.54) is 11.3 Å². The van der Waals surface area contributed by atoms with Gasteiger partial charge in [-0.05, 0) is 25.3 Å². The maximum absolute atomic E-state index is 12.7. The van der Waals surface area contributed by atoms with Crippen LogP contribution in [0.3, 0.4) is 0 Å². The van der Waals surface area contributed by atoms with Crippen molar-refractivity contribution in [1.29, 1.82) is 0 Å². The molecular weight excluding hydrogens is 282 g/mol. The number of benzene rings is 1. The van der Waals surface area contributed by atoms with Crippen LogP contribution in [0.15, 0.2) is 35.7 Å². The number of nitrogens with two attached hydrogens (primary N) is 1. The Hall–Kier alpha value is -1.72. The lowest BCUT2D eigenvalue weighted by Crippen LogP contribution is -2.32. The van der Waals surface area contributed by atoms with Crippen LogP contribution >= 0.6 is 11.3 Å². The zero-order valence-corrected chi connectivity index (χ0v) is 12.8. The van der Waals surface area contributed by atoms with Crippen molar-refractivity contribution in [1.82, 2.24) is 9.88 Å². The Kier molecular flexibility index (Phi) is 4.03. The van der Waals surface area contributed by atoms with Gasteiger partial charge in [0.05, 0.1) is 6.04 Å². The number of thiazole rings is 1. The van der Waals surface area contributed by atoms with Gasteiger partial charge in [0, 0.05) is 18.0 Å². The van der Waals surface area contributed by atoms with Crippen molar-refractivity contribution in [2.45, 2.75) is 38.4 Å². The second-order valence-corrected chi connectivity index (χ2v) is 6.40. The Bertz CT molecular complexity index is 619. The van der Waals surface area contributed by atoms with Crippen molar-refractivity contribution in [3.63, 3.8) is 0 Å². The molecule has 0 bridgehead atoms. The molecule has 2 N–H and O–H groups in total. The monoisotopic (exact) mass is 301 g/mol. The lowest BCUT2D eigenvalue weighted by atomic mass is 10.2. The molecule has 1 unspecified atom stereocenters. The van der Waals surface area contributed by atoms with E-state index in [-0.39, 0.29) is 11.9 Å². The normalized spacial score (nSPS) is 15.7. The van der Waals surface area contributed by atoms with Gasteiger partial charge >= 0.3 is 0 Å². The number of amides is 1. The number of aromatic nitrogens is 1. The average molecular weight is 301 g/mol. The summed E-state index contributed by atoms with van der Waals surface area (Å²) in [5.74, 6) is 0.0181. The number of carbonyl (C=O) groups excluding carboxylic acids is 1. The molecule has 1 aliphatic carbocycles. The first-order valence-corrected chi connectivity index (χ1v) is 8.09. The zero-order chi connectivity index (χ0) is 14.8. The van der Waals surface area contributed by atoms with Crippen molar-refractivity contribution in [2.24, 2.45) is 5.73 Å². The SMILES string of the molecule is CC(N)c1nc(C(=O)N(Cc2ccccc2)C2CC2)cs1. The smallest absolute Gasteiger partial charge is 0.273 e. The first kappa shape index (κ1) is 14.2. The van der Waals surface area contributed by atoms with E-state index >= 15 is 0 Å². The van der Waals surface area contributed by atoms with Crippen LogP contribution in [0.2, 0.25) is 0 Å². The molecule has 2 aromatic rings. The third kappa shape index (κ3) is 3.31. The van der Waals surface area contributed by atoms with Gasteiger partial charge in [-0.1, -0.05) is 30.3 Å². The number of hydrogen-bond acceptors (Lipinski definition) is 4. The molecule has 1 aromatic heterocycles. The van der Waals surface area contributed by atoms with E-state index in [0.717, 1.165) is 23.4 Å². The van der Waals surface area contributed by atoms with E-state index in [4.69, 9.17) is 5.73 Å². The fourth-order valence-corrected chi connectivity index (χ4v) is 3.03. The molecule has 1 fully saturated rings. The summed E-state index contributed by atoms with van der Waals surface area (Å²) in [5, 5.41) is 2.63. The summed E-state index contributed by atoms with van der Waals surface area (Å²) < 4.78 is 0. The van der Waals surface area contributed by atoms with E-state index in [2.05, 4.69) is 17.1 Å². The molecule has 0 saturated heterocycles. The van der Waals surface area contributed by atoms with Crippen LogP contribution in [0.4, 0.5) is 0 Å². The number of carbonyl (C=O) groups is 1. The lowest BCUT2D eigenvalue weighted by molar-refractivity contribution is 0.0724. The first-order chi connectivity index (χ1) is 10.1. The predicted molar refractivity (Wildman–Crippen MR) is 84.1 cm³/mol.